The average Bonchev–Trinajstić information content (AvgIpc) is 1.88. The molecule has 0 amide bonds. The third kappa shape index (κ3) is 2.23. The maximum atomic E-state index is 5.33. The van der Waals surface area contributed by atoms with Gasteiger partial charge < -0.3 is 9.47 Å². The Morgan fingerprint density at radius 3 is 2.70 bits per heavy atom. The first kappa shape index (κ1) is 7.35. The lowest BCUT2D eigenvalue weighted by atomic mass is 10.4. The molecular formula is C8H12O2. The molecule has 2 heteroatoms. The zero-order chi connectivity index (χ0) is 7.40. The van der Waals surface area contributed by atoms with Crippen molar-refractivity contribution in [3.05, 3.63) is 24.5 Å². The Morgan fingerprint density at radius 1 is 1.40 bits per heavy atom. The van der Waals surface area contributed by atoms with Crippen LogP contribution in [0.3, 0.4) is 0 Å². The summed E-state index contributed by atoms with van der Waals surface area (Å²) in [6.45, 7) is 3.96. The molecule has 0 aromatic heterocycles. The zero-order valence-electron chi connectivity index (χ0n) is 6.28. The first-order valence-corrected chi connectivity index (χ1v) is 3.43. The van der Waals surface area contributed by atoms with E-state index in [0.29, 0.717) is 0 Å². The van der Waals surface area contributed by atoms with Crippen LogP contribution in [-0.2, 0) is 9.47 Å². The van der Waals surface area contributed by atoms with E-state index in [1.54, 1.807) is 6.26 Å². The van der Waals surface area contributed by atoms with Crippen LogP contribution in [0.4, 0.5) is 0 Å². The van der Waals surface area contributed by atoms with Crippen LogP contribution in [0.25, 0.3) is 0 Å². The van der Waals surface area contributed by atoms with Crippen molar-refractivity contribution in [2.45, 2.75) is 26.2 Å². The molecule has 10 heavy (non-hydrogen) atoms. The second kappa shape index (κ2) is 3.42. The zero-order valence-corrected chi connectivity index (χ0v) is 6.28. The lowest BCUT2D eigenvalue weighted by molar-refractivity contribution is -0.101. The molecular weight excluding hydrogens is 128 g/mol. The summed E-state index contributed by atoms with van der Waals surface area (Å²) in [6.07, 6.45) is 7.27. The van der Waals surface area contributed by atoms with Crippen molar-refractivity contribution >= 4 is 0 Å². The molecule has 1 unspecified atom stereocenters. The van der Waals surface area contributed by atoms with Gasteiger partial charge in [-0.3, -0.25) is 0 Å². The van der Waals surface area contributed by atoms with Crippen molar-refractivity contribution in [1.82, 2.24) is 0 Å². The van der Waals surface area contributed by atoms with Crippen molar-refractivity contribution in [1.29, 1.82) is 0 Å². The Kier molecular flexibility index (Phi) is 2.51. The number of allylic oxidation sites excluding steroid dienone is 2. The van der Waals surface area contributed by atoms with E-state index >= 15 is 0 Å². The van der Waals surface area contributed by atoms with Crippen LogP contribution < -0.4 is 0 Å². The molecule has 1 aliphatic rings. The first-order valence-electron chi connectivity index (χ1n) is 3.43. The topological polar surface area (TPSA) is 18.5 Å². The minimum Gasteiger partial charge on any atom is -0.469 e. The van der Waals surface area contributed by atoms with E-state index in [1.165, 1.54) is 0 Å². The number of ether oxygens (including phenoxy) is 2. The van der Waals surface area contributed by atoms with Gasteiger partial charge in [-0.25, -0.2) is 0 Å². The van der Waals surface area contributed by atoms with Gasteiger partial charge in [0.05, 0.1) is 12.4 Å². The maximum Gasteiger partial charge on any atom is 0.219 e. The highest BCUT2D eigenvalue weighted by Crippen LogP contribution is 2.05. The fourth-order valence-corrected chi connectivity index (χ4v) is 0.714. The Bertz CT molecular complexity index is 147. The number of rotatable bonds is 2. The highest BCUT2D eigenvalue weighted by molar-refractivity contribution is 5.05. The van der Waals surface area contributed by atoms with E-state index in [-0.39, 0.29) is 12.4 Å². The van der Waals surface area contributed by atoms with Gasteiger partial charge in [-0.15, -0.1) is 0 Å². The predicted octanol–water partition coefficient (Wildman–Crippen LogP) is 1.84. The summed E-state index contributed by atoms with van der Waals surface area (Å²) < 4.78 is 10.4. The Balaban J connectivity index is 2.30. The van der Waals surface area contributed by atoms with E-state index < -0.39 is 0 Å². The van der Waals surface area contributed by atoms with Crippen LogP contribution in [0.2, 0.25) is 0 Å². The SMILES string of the molecule is CC(C)OC1C=CC=CO1. The summed E-state index contributed by atoms with van der Waals surface area (Å²) in [7, 11) is 0. The number of hydrogen-bond donors (Lipinski definition) is 0. The van der Waals surface area contributed by atoms with Crippen molar-refractivity contribution in [2.75, 3.05) is 0 Å². The molecule has 1 heterocycles. The number of hydrogen-bond acceptors (Lipinski definition) is 2. The average molecular weight is 140 g/mol. The molecule has 0 aromatic carbocycles. The second-order valence-corrected chi connectivity index (χ2v) is 2.40. The first-order chi connectivity index (χ1) is 4.79. The fraction of sp³-hybridized carbons (Fsp3) is 0.500. The van der Waals surface area contributed by atoms with E-state index in [2.05, 4.69) is 0 Å². The largest absolute Gasteiger partial charge is 0.469 e. The minimum absolute atomic E-state index is 0.190. The van der Waals surface area contributed by atoms with Crippen molar-refractivity contribution in [3.63, 3.8) is 0 Å². The molecule has 1 rings (SSSR count). The van der Waals surface area contributed by atoms with Gasteiger partial charge in [0.25, 0.3) is 0 Å². The summed E-state index contributed by atoms with van der Waals surface area (Å²) in [6, 6.07) is 0. The van der Waals surface area contributed by atoms with E-state index in [0.717, 1.165) is 0 Å². The van der Waals surface area contributed by atoms with Crippen LogP contribution in [0.15, 0.2) is 24.5 Å². The molecule has 1 aliphatic heterocycles. The van der Waals surface area contributed by atoms with Crippen LogP contribution >= 0.6 is 0 Å². The third-order valence-electron chi connectivity index (χ3n) is 1.08. The summed E-state index contributed by atoms with van der Waals surface area (Å²) in [5.74, 6) is 0. The summed E-state index contributed by atoms with van der Waals surface area (Å²) in [4.78, 5) is 0. The fourth-order valence-electron chi connectivity index (χ4n) is 0.714. The molecule has 0 N–H and O–H groups in total. The molecule has 0 radical (unpaired) electrons. The van der Waals surface area contributed by atoms with Gasteiger partial charge in [-0.2, -0.15) is 0 Å². The Labute approximate surface area is 61.1 Å². The molecule has 0 saturated carbocycles. The molecule has 0 fully saturated rings. The van der Waals surface area contributed by atoms with E-state index in [4.69, 9.17) is 9.47 Å². The van der Waals surface area contributed by atoms with Gasteiger partial charge in [0.2, 0.25) is 6.29 Å². The predicted molar refractivity (Wildman–Crippen MR) is 39.4 cm³/mol. The molecule has 56 valence electrons. The third-order valence-corrected chi connectivity index (χ3v) is 1.08. The van der Waals surface area contributed by atoms with Crippen LogP contribution in [0.5, 0.6) is 0 Å². The Hall–Kier alpha value is -0.760. The van der Waals surface area contributed by atoms with Gasteiger partial charge in [0.1, 0.15) is 0 Å². The molecule has 0 bridgehead atoms. The quantitative estimate of drug-likeness (QED) is 0.582. The van der Waals surface area contributed by atoms with Gasteiger partial charge in [-0.1, -0.05) is 6.08 Å². The summed E-state index contributed by atoms with van der Waals surface area (Å²) in [5, 5.41) is 0. The molecule has 2 nitrogen and oxygen atoms in total. The van der Waals surface area contributed by atoms with Gasteiger partial charge in [0.15, 0.2) is 0 Å². The Morgan fingerprint density at radius 2 is 2.20 bits per heavy atom. The molecule has 0 saturated heterocycles. The van der Waals surface area contributed by atoms with Gasteiger partial charge in [-0.05, 0) is 26.0 Å². The standard InChI is InChI=1S/C8H12O2/c1-7(2)10-8-5-3-4-6-9-8/h3-8H,1-2H3. The highest BCUT2D eigenvalue weighted by Gasteiger charge is 2.06. The highest BCUT2D eigenvalue weighted by atomic mass is 16.7. The van der Waals surface area contributed by atoms with Crippen molar-refractivity contribution < 1.29 is 9.47 Å². The smallest absolute Gasteiger partial charge is 0.219 e. The molecule has 1 atom stereocenters. The molecule has 0 aliphatic carbocycles. The van der Waals surface area contributed by atoms with Gasteiger partial charge in [0, 0.05) is 0 Å². The lowest BCUT2D eigenvalue weighted by Gasteiger charge is -2.17. The monoisotopic (exact) mass is 140 g/mol. The molecule has 0 aromatic rings. The lowest BCUT2D eigenvalue weighted by Crippen LogP contribution is -2.17. The van der Waals surface area contributed by atoms with Crippen molar-refractivity contribution in [2.24, 2.45) is 0 Å². The van der Waals surface area contributed by atoms with Crippen LogP contribution in [0.1, 0.15) is 13.8 Å². The summed E-state index contributed by atoms with van der Waals surface area (Å²) >= 11 is 0. The van der Waals surface area contributed by atoms with E-state index in [9.17, 15) is 0 Å². The summed E-state index contributed by atoms with van der Waals surface area (Å²) in [5.41, 5.74) is 0. The van der Waals surface area contributed by atoms with Crippen LogP contribution in [-0.4, -0.2) is 12.4 Å². The second-order valence-electron chi connectivity index (χ2n) is 2.40. The van der Waals surface area contributed by atoms with Gasteiger partial charge >= 0.3 is 0 Å². The van der Waals surface area contributed by atoms with E-state index in [1.807, 2.05) is 32.1 Å². The normalized spacial score (nSPS) is 23.3. The molecule has 0 spiro atoms. The van der Waals surface area contributed by atoms with Crippen LogP contribution in [0, 0.1) is 0 Å². The minimum atomic E-state index is -0.190. The maximum absolute atomic E-state index is 5.33. The van der Waals surface area contributed by atoms with Crippen molar-refractivity contribution in [3.8, 4) is 0 Å².